The van der Waals surface area contributed by atoms with Crippen molar-refractivity contribution in [2.24, 2.45) is 5.92 Å². The normalized spacial score (nSPS) is 14.9. The van der Waals surface area contributed by atoms with E-state index >= 15 is 0 Å². The Bertz CT molecular complexity index is 459. The van der Waals surface area contributed by atoms with Gasteiger partial charge in [0.05, 0.1) is 0 Å². The summed E-state index contributed by atoms with van der Waals surface area (Å²) in [6.45, 7) is 6.14. The molecule has 1 aliphatic rings. The third-order valence-corrected chi connectivity index (χ3v) is 3.42. The summed E-state index contributed by atoms with van der Waals surface area (Å²) in [6, 6.07) is 5.37. The van der Waals surface area contributed by atoms with E-state index in [1.54, 1.807) is 23.1 Å². The summed E-state index contributed by atoms with van der Waals surface area (Å²) in [6.07, 6.45) is 1.07. The molecule has 1 atom stereocenters. The first kappa shape index (κ1) is 13.7. The van der Waals surface area contributed by atoms with Crippen molar-refractivity contribution in [1.82, 2.24) is 4.90 Å². The second-order valence-electron chi connectivity index (χ2n) is 5.06. The van der Waals surface area contributed by atoms with Crippen LogP contribution in [0.3, 0.4) is 0 Å². The molecule has 4 nitrogen and oxygen atoms in total. The Kier molecular flexibility index (Phi) is 4.30. The summed E-state index contributed by atoms with van der Waals surface area (Å²) < 4.78 is 11.0. The molecule has 0 aromatic heterocycles. The van der Waals surface area contributed by atoms with E-state index in [0.29, 0.717) is 36.2 Å². The van der Waals surface area contributed by atoms with Crippen molar-refractivity contribution in [2.75, 3.05) is 26.8 Å². The van der Waals surface area contributed by atoms with Gasteiger partial charge < -0.3 is 14.4 Å². The minimum Gasteiger partial charge on any atom is -0.486 e. The van der Waals surface area contributed by atoms with E-state index < -0.39 is 0 Å². The summed E-state index contributed by atoms with van der Waals surface area (Å²) in [4.78, 5) is 14.1. The average molecular weight is 263 g/mol. The maximum Gasteiger partial charge on any atom is 0.253 e. The number of hydrogen-bond donors (Lipinski definition) is 0. The van der Waals surface area contributed by atoms with Gasteiger partial charge in [-0.2, -0.15) is 0 Å². The molecule has 1 heterocycles. The van der Waals surface area contributed by atoms with Crippen LogP contribution in [0.15, 0.2) is 18.2 Å². The number of fused-ring (bicyclic) bond motifs is 1. The molecule has 0 saturated carbocycles. The second-order valence-corrected chi connectivity index (χ2v) is 5.06. The van der Waals surface area contributed by atoms with Gasteiger partial charge in [-0.15, -0.1) is 0 Å². The van der Waals surface area contributed by atoms with Crippen molar-refractivity contribution in [3.05, 3.63) is 23.8 Å². The van der Waals surface area contributed by atoms with Gasteiger partial charge in [-0.1, -0.05) is 20.3 Å². The van der Waals surface area contributed by atoms with E-state index in [1.165, 1.54) is 0 Å². The fourth-order valence-electron chi connectivity index (χ4n) is 2.08. The van der Waals surface area contributed by atoms with Gasteiger partial charge in [0.15, 0.2) is 11.5 Å². The predicted molar refractivity (Wildman–Crippen MR) is 73.8 cm³/mol. The van der Waals surface area contributed by atoms with Gasteiger partial charge in [0.25, 0.3) is 5.91 Å². The summed E-state index contributed by atoms with van der Waals surface area (Å²) >= 11 is 0. The lowest BCUT2D eigenvalue weighted by molar-refractivity contribution is 0.0773. The van der Waals surface area contributed by atoms with Crippen LogP contribution >= 0.6 is 0 Å². The number of ether oxygens (including phenoxy) is 2. The van der Waals surface area contributed by atoms with Crippen LogP contribution < -0.4 is 9.47 Å². The number of amides is 1. The highest BCUT2D eigenvalue weighted by molar-refractivity contribution is 5.94. The monoisotopic (exact) mass is 263 g/mol. The molecule has 1 aliphatic heterocycles. The van der Waals surface area contributed by atoms with Crippen molar-refractivity contribution >= 4 is 5.91 Å². The molecule has 1 aromatic carbocycles. The molecule has 2 rings (SSSR count). The molecule has 0 spiro atoms. The Labute approximate surface area is 114 Å². The molecule has 1 amide bonds. The molecule has 1 aromatic rings. The molecule has 104 valence electrons. The third-order valence-electron chi connectivity index (χ3n) is 3.42. The number of benzene rings is 1. The number of carbonyl (C=O) groups excluding carboxylic acids is 1. The Hall–Kier alpha value is -1.71. The van der Waals surface area contributed by atoms with Crippen LogP contribution in [0.4, 0.5) is 0 Å². The molecule has 0 unspecified atom stereocenters. The fraction of sp³-hybridized carbons (Fsp3) is 0.533. The molecule has 0 radical (unpaired) electrons. The van der Waals surface area contributed by atoms with Crippen LogP contribution in [0.25, 0.3) is 0 Å². The smallest absolute Gasteiger partial charge is 0.253 e. The van der Waals surface area contributed by atoms with Crippen LogP contribution in [0.2, 0.25) is 0 Å². The molecule has 0 bridgehead atoms. The van der Waals surface area contributed by atoms with Gasteiger partial charge in [0.1, 0.15) is 13.2 Å². The highest BCUT2D eigenvalue weighted by Gasteiger charge is 2.18. The van der Waals surface area contributed by atoms with E-state index in [4.69, 9.17) is 9.47 Å². The third kappa shape index (κ3) is 3.19. The maximum atomic E-state index is 12.3. The standard InChI is InChI=1S/C15H21NO3/c1-4-11(2)10-16(3)15(17)12-5-6-13-14(9-12)19-8-7-18-13/h5-6,9,11H,4,7-8,10H2,1-3H3/t11-/m1/s1. The summed E-state index contributed by atoms with van der Waals surface area (Å²) in [5.41, 5.74) is 0.648. The van der Waals surface area contributed by atoms with E-state index in [0.717, 1.165) is 13.0 Å². The largest absolute Gasteiger partial charge is 0.486 e. The van der Waals surface area contributed by atoms with E-state index in [2.05, 4.69) is 13.8 Å². The molecular formula is C15H21NO3. The van der Waals surface area contributed by atoms with Crippen LogP contribution in [-0.2, 0) is 0 Å². The molecule has 4 heteroatoms. The number of hydrogen-bond acceptors (Lipinski definition) is 3. The Morgan fingerprint density at radius 1 is 1.32 bits per heavy atom. The maximum absolute atomic E-state index is 12.3. The van der Waals surface area contributed by atoms with Crippen LogP contribution in [0, 0.1) is 5.92 Å². The summed E-state index contributed by atoms with van der Waals surface area (Å²) in [5.74, 6) is 1.91. The molecular weight excluding hydrogens is 242 g/mol. The van der Waals surface area contributed by atoms with Gasteiger partial charge >= 0.3 is 0 Å². The van der Waals surface area contributed by atoms with E-state index in [1.807, 2.05) is 7.05 Å². The second kappa shape index (κ2) is 5.95. The Morgan fingerprint density at radius 2 is 2.00 bits per heavy atom. The van der Waals surface area contributed by atoms with Crippen molar-refractivity contribution in [1.29, 1.82) is 0 Å². The SMILES string of the molecule is CC[C@@H](C)CN(C)C(=O)c1ccc2c(c1)OCCO2. The van der Waals surface area contributed by atoms with Gasteiger partial charge in [0, 0.05) is 19.2 Å². The van der Waals surface area contributed by atoms with Gasteiger partial charge in [0.2, 0.25) is 0 Å². The lowest BCUT2D eigenvalue weighted by atomic mass is 10.1. The van der Waals surface area contributed by atoms with Crippen molar-refractivity contribution in [3.63, 3.8) is 0 Å². The predicted octanol–water partition coefficient (Wildman–Crippen LogP) is 2.58. The van der Waals surface area contributed by atoms with Crippen molar-refractivity contribution in [2.45, 2.75) is 20.3 Å². The molecule has 0 N–H and O–H groups in total. The minimum atomic E-state index is 0.0253. The van der Waals surface area contributed by atoms with Gasteiger partial charge in [-0.3, -0.25) is 4.79 Å². The average Bonchev–Trinajstić information content (AvgIpc) is 2.45. The molecule has 0 saturated heterocycles. The zero-order valence-electron chi connectivity index (χ0n) is 11.8. The van der Waals surface area contributed by atoms with Crippen LogP contribution in [-0.4, -0.2) is 37.6 Å². The highest BCUT2D eigenvalue weighted by Crippen LogP contribution is 2.31. The van der Waals surface area contributed by atoms with Gasteiger partial charge in [-0.25, -0.2) is 0 Å². The lowest BCUT2D eigenvalue weighted by Gasteiger charge is -2.22. The van der Waals surface area contributed by atoms with Crippen molar-refractivity contribution < 1.29 is 14.3 Å². The summed E-state index contributed by atoms with van der Waals surface area (Å²) in [7, 11) is 1.84. The van der Waals surface area contributed by atoms with Crippen LogP contribution in [0.1, 0.15) is 30.6 Å². The molecule has 19 heavy (non-hydrogen) atoms. The van der Waals surface area contributed by atoms with Crippen LogP contribution in [0.5, 0.6) is 11.5 Å². The van der Waals surface area contributed by atoms with E-state index in [-0.39, 0.29) is 5.91 Å². The Morgan fingerprint density at radius 3 is 2.68 bits per heavy atom. The fourth-order valence-corrected chi connectivity index (χ4v) is 2.08. The zero-order chi connectivity index (χ0) is 13.8. The topological polar surface area (TPSA) is 38.8 Å². The number of carbonyl (C=O) groups is 1. The Balaban J connectivity index is 2.10. The summed E-state index contributed by atoms with van der Waals surface area (Å²) in [5, 5.41) is 0. The lowest BCUT2D eigenvalue weighted by Crippen LogP contribution is -2.31. The number of rotatable bonds is 4. The molecule has 0 aliphatic carbocycles. The number of nitrogens with zero attached hydrogens (tertiary/aromatic N) is 1. The quantitative estimate of drug-likeness (QED) is 0.838. The minimum absolute atomic E-state index is 0.0253. The first-order valence-corrected chi connectivity index (χ1v) is 6.77. The highest BCUT2D eigenvalue weighted by atomic mass is 16.6. The van der Waals surface area contributed by atoms with Crippen molar-refractivity contribution in [3.8, 4) is 11.5 Å². The molecule has 0 fully saturated rings. The first-order chi connectivity index (χ1) is 9.11. The van der Waals surface area contributed by atoms with Gasteiger partial charge in [-0.05, 0) is 24.1 Å². The first-order valence-electron chi connectivity index (χ1n) is 6.77. The zero-order valence-corrected chi connectivity index (χ0v) is 11.8. The van der Waals surface area contributed by atoms with E-state index in [9.17, 15) is 4.79 Å².